The molecule has 1 fully saturated rings. The molecule has 3 N–H and O–H groups in total. The fourth-order valence-corrected chi connectivity index (χ4v) is 3.15. The average molecular weight is 523 g/mol. The largest absolute Gasteiger partial charge is 0.481 e. The van der Waals surface area contributed by atoms with E-state index in [0.29, 0.717) is 105 Å². The summed E-state index contributed by atoms with van der Waals surface area (Å²) in [6.07, 6.45) is 3.02. The molecule has 1 aliphatic heterocycles. The Morgan fingerprint density at radius 2 is 1.11 bits per heavy atom. The highest BCUT2D eigenvalue weighted by Crippen LogP contribution is 2.06. The number of carboxylic acids is 1. The summed E-state index contributed by atoms with van der Waals surface area (Å²) in [4.78, 5) is 21.7. The van der Waals surface area contributed by atoms with Gasteiger partial charge in [-0.2, -0.15) is 0 Å². The number of ether oxygens (including phenoxy) is 7. The van der Waals surface area contributed by atoms with Crippen LogP contribution in [0.2, 0.25) is 0 Å². The van der Waals surface area contributed by atoms with Crippen molar-refractivity contribution in [3.8, 4) is 0 Å². The maximum Gasteiger partial charge on any atom is 0.303 e. The van der Waals surface area contributed by atoms with Gasteiger partial charge in [0.15, 0.2) is 0 Å². The van der Waals surface area contributed by atoms with Gasteiger partial charge >= 0.3 is 5.97 Å². The molecule has 1 saturated heterocycles. The van der Waals surface area contributed by atoms with E-state index in [1.165, 1.54) is 0 Å². The van der Waals surface area contributed by atoms with Crippen molar-refractivity contribution in [1.82, 2.24) is 10.6 Å². The summed E-state index contributed by atoms with van der Waals surface area (Å²) in [6.45, 7) is 9.30. The van der Waals surface area contributed by atoms with E-state index in [2.05, 4.69) is 10.6 Å². The zero-order valence-electron chi connectivity index (χ0n) is 21.5. The Balaban J connectivity index is 1.65. The minimum atomic E-state index is -0.976. The summed E-state index contributed by atoms with van der Waals surface area (Å²) in [5.74, 6) is -1.24. The molecule has 1 aliphatic rings. The third kappa shape index (κ3) is 23.0. The summed E-state index contributed by atoms with van der Waals surface area (Å²) < 4.78 is 38.4. The lowest BCUT2D eigenvalue weighted by Gasteiger charge is -2.22. The van der Waals surface area contributed by atoms with Gasteiger partial charge in [-0.05, 0) is 32.4 Å². The van der Waals surface area contributed by atoms with Crippen LogP contribution in [0.3, 0.4) is 0 Å². The molecule has 0 spiro atoms. The van der Waals surface area contributed by atoms with Gasteiger partial charge in [-0.1, -0.05) is 0 Å². The number of aliphatic carboxylic acids is 1. The van der Waals surface area contributed by atoms with Gasteiger partial charge in [-0.25, -0.2) is 0 Å². The molecule has 1 amide bonds. The van der Waals surface area contributed by atoms with Crippen molar-refractivity contribution in [2.75, 3.05) is 106 Å². The molecule has 0 unspecified atom stereocenters. The standard InChI is InChI=1S/C24H46N2O10/c27-23(2-3-24(28)29)26-6-1-9-30-10-11-31-12-13-32-14-15-33-16-17-34-18-19-35-20-21-36-22-4-7-25-8-5-22/h22,25H,1-21H2,(H,26,27)(H,28,29). The molecule has 1 heterocycles. The van der Waals surface area contributed by atoms with Crippen molar-refractivity contribution in [3.05, 3.63) is 0 Å². The zero-order chi connectivity index (χ0) is 25.9. The number of carbonyl (C=O) groups excluding carboxylic acids is 1. The third-order valence-corrected chi connectivity index (χ3v) is 5.08. The van der Waals surface area contributed by atoms with Crippen molar-refractivity contribution >= 4 is 11.9 Å². The first kappa shape index (κ1) is 32.6. The van der Waals surface area contributed by atoms with E-state index in [0.717, 1.165) is 25.9 Å². The minimum Gasteiger partial charge on any atom is -0.481 e. The van der Waals surface area contributed by atoms with Crippen LogP contribution in [0.1, 0.15) is 32.1 Å². The molecule has 36 heavy (non-hydrogen) atoms. The average Bonchev–Trinajstić information content (AvgIpc) is 2.88. The molecular formula is C24H46N2O10. The van der Waals surface area contributed by atoms with Crippen LogP contribution in [0, 0.1) is 0 Å². The Bertz CT molecular complexity index is 521. The molecule has 0 aromatic heterocycles. The highest BCUT2D eigenvalue weighted by molar-refractivity contribution is 5.80. The van der Waals surface area contributed by atoms with Crippen LogP contribution in [-0.4, -0.2) is 129 Å². The number of hydrogen-bond donors (Lipinski definition) is 3. The molecule has 0 aliphatic carbocycles. The van der Waals surface area contributed by atoms with Crippen molar-refractivity contribution < 1.29 is 47.9 Å². The molecular weight excluding hydrogens is 476 g/mol. The Morgan fingerprint density at radius 1 is 0.667 bits per heavy atom. The van der Waals surface area contributed by atoms with Gasteiger partial charge in [-0.15, -0.1) is 0 Å². The third-order valence-electron chi connectivity index (χ3n) is 5.08. The minimum absolute atomic E-state index is 0.00169. The number of amides is 1. The Morgan fingerprint density at radius 3 is 1.58 bits per heavy atom. The number of carbonyl (C=O) groups is 2. The number of nitrogens with one attached hydrogen (secondary N) is 2. The van der Waals surface area contributed by atoms with E-state index in [1.807, 2.05) is 0 Å². The van der Waals surface area contributed by atoms with E-state index >= 15 is 0 Å². The van der Waals surface area contributed by atoms with Crippen molar-refractivity contribution in [1.29, 1.82) is 0 Å². The fraction of sp³-hybridized carbons (Fsp3) is 0.917. The maximum absolute atomic E-state index is 11.3. The van der Waals surface area contributed by atoms with Crippen LogP contribution in [0.25, 0.3) is 0 Å². The van der Waals surface area contributed by atoms with E-state index in [9.17, 15) is 9.59 Å². The molecule has 1 rings (SSSR count). The summed E-state index contributed by atoms with van der Waals surface area (Å²) in [5, 5.41) is 14.5. The predicted molar refractivity (Wildman–Crippen MR) is 131 cm³/mol. The van der Waals surface area contributed by atoms with Crippen LogP contribution in [-0.2, 0) is 42.7 Å². The molecule has 0 aromatic carbocycles. The van der Waals surface area contributed by atoms with Crippen molar-refractivity contribution in [2.45, 2.75) is 38.2 Å². The van der Waals surface area contributed by atoms with Gasteiger partial charge in [0.25, 0.3) is 0 Å². The second-order valence-corrected chi connectivity index (χ2v) is 8.09. The molecule has 12 heteroatoms. The first-order chi connectivity index (χ1) is 17.7. The molecule has 0 radical (unpaired) electrons. The summed E-state index contributed by atoms with van der Waals surface area (Å²) in [5.41, 5.74) is 0. The normalized spacial score (nSPS) is 14.2. The predicted octanol–water partition coefficient (Wildman–Crippen LogP) is 0.226. The molecule has 12 nitrogen and oxygen atoms in total. The van der Waals surface area contributed by atoms with Gasteiger partial charge in [0.05, 0.1) is 91.8 Å². The summed E-state index contributed by atoms with van der Waals surface area (Å²) in [6, 6.07) is 0. The van der Waals surface area contributed by atoms with Gasteiger partial charge in [0, 0.05) is 19.6 Å². The second kappa shape index (κ2) is 25.3. The van der Waals surface area contributed by atoms with Gasteiger partial charge in [-0.3, -0.25) is 9.59 Å². The van der Waals surface area contributed by atoms with E-state index in [-0.39, 0.29) is 18.7 Å². The van der Waals surface area contributed by atoms with Crippen LogP contribution < -0.4 is 10.6 Å². The first-order valence-corrected chi connectivity index (χ1v) is 13.0. The SMILES string of the molecule is O=C(O)CCC(=O)NCCCOCCOCCOCCOCCOCCOCCOC1CCNCC1. The topological polar surface area (TPSA) is 143 Å². The lowest BCUT2D eigenvalue weighted by atomic mass is 10.1. The molecule has 0 bridgehead atoms. The molecule has 0 aromatic rings. The van der Waals surface area contributed by atoms with Crippen molar-refractivity contribution in [3.63, 3.8) is 0 Å². The number of piperidine rings is 1. The highest BCUT2D eigenvalue weighted by atomic mass is 16.6. The smallest absolute Gasteiger partial charge is 0.303 e. The molecule has 212 valence electrons. The maximum atomic E-state index is 11.3. The lowest BCUT2D eigenvalue weighted by Crippen LogP contribution is -2.33. The van der Waals surface area contributed by atoms with Crippen LogP contribution in [0.4, 0.5) is 0 Å². The first-order valence-electron chi connectivity index (χ1n) is 13.0. The Hall–Kier alpha value is -1.38. The van der Waals surface area contributed by atoms with E-state index in [4.69, 9.17) is 38.3 Å². The van der Waals surface area contributed by atoms with Gasteiger partial charge in [0.1, 0.15) is 0 Å². The van der Waals surface area contributed by atoms with Crippen LogP contribution in [0.5, 0.6) is 0 Å². The fourth-order valence-electron chi connectivity index (χ4n) is 3.15. The molecule has 0 saturated carbocycles. The van der Waals surface area contributed by atoms with Crippen LogP contribution >= 0.6 is 0 Å². The van der Waals surface area contributed by atoms with Gasteiger partial charge < -0.3 is 48.9 Å². The number of rotatable bonds is 26. The lowest BCUT2D eigenvalue weighted by molar-refractivity contribution is -0.138. The number of carboxylic acid groups (broad SMARTS) is 1. The van der Waals surface area contributed by atoms with Gasteiger partial charge in [0.2, 0.25) is 5.91 Å². The van der Waals surface area contributed by atoms with E-state index < -0.39 is 5.97 Å². The second-order valence-electron chi connectivity index (χ2n) is 8.09. The van der Waals surface area contributed by atoms with Crippen molar-refractivity contribution in [2.24, 2.45) is 0 Å². The summed E-state index contributed by atoms with van der Waals surface area (Å²) >= 11 is 0. The number of hydrogen-bond acceptors (Lipinski definition) is 10. The monoisotopic (exact) mass is 522 g/mol. The quantitative estimate of drug-likeness (QED) is 0.134. The Labute approximate surface area is 214 Å². The Kier molecular flexibility index (Phi) is 22.9. The highest BCUT2D eigenvalue weighted by Gasteiger charge is 2.12. The summed E-state index contributed by atoms with van der Waals surface area (Å²) in [7, 11) is 0. The molecule has 0 atom stereocenters. The van der Waals surface area contributed by atoms with Crippen LogP contribution in [0.15, 0.2) is 0 Å². The van der Waals surface area contributed by atoms with E-state index in [1.54, 1.807) is 0 Å². The zero-order valence-corrected chi connectivity index (χ0v) is 21.5.